The van der Waals surface area contributed by atoms with Crippen LogP contribution in [0.25, 0.3) is 0 Å². The topological polar surface area (TPSA) is 49.7 Å². The van der Waals surface area contributed by atoms with E-state index in [-0.39, 0.29) is 0 Å². The Morgan fingerprint density at radius 3 is 2.10 bits per heavy atom. The molecule has 2 N–H and O–H groups in total. The number of alkyl halides is 1. The molecule has 0 aliphatic carbocycles. The predicted molar refractivity (Wildman–Crippen MR) is 39.9 cm³/mol. The average molecular weight is 211 g/mol. The smallest absolute Gasteiger partial charge is 0.167 e. The van der Waals surface area contributed by atoms with Crippen LogP contribution in [0, 0.1) is 0 Å². The van der Waals surface area contributed by atoms with Crippen LogP contribution in [0.1, 0.15) is 12.8 Å². The summed E-state index contributed by atoms with van der Waals surface area (Å²) in [6.07, 6.45) is 0.0337. The molecule has 1 aliphatic rings. The van der Waals surface area contributed by atoms with Crippen LogP contribution in [0.5, 0.6) is 0 Å². The van der Waals surface area contributed by atoms with E-state index in [2.05, 4.69) is 15.9 Å². The molecule has 1 heterocycles. The van der Waals surface area contributed by atoms with Gasteiger partial charge in [0.15, 0.2) is 6.29 Å². The van der Waals surface area contributed by atoms with E-state index in [0.717, 1.165) is 0 Å². The Balaban J connectivity index is 2.48. The van der Waals surface area contributed by atoms with E-state index in [1.807, 2.05) is 0 Å². The average Bonchev–Trinajstić information content (AvgIpc) is 1.89. The molecule has 0 atom stereocenters. The summed E-state index contributed by atoms with van der Waals surface area (Å²) in [6, 6.07) is 0. The highest BCUT2D eigenvalue weighted by atomic mass is 79.9. The first kappa shape index (κ1) is 8.46. The number of hydrogen-bond acceptors (Lipinski definition) is 3. The number of aliphatic hydroxyl groups excluding tert-OH is 1. The molecule has 60 valence electrons. The summed E-state index contributed by atoms with van der Waals surface area (Å²) in [5.41, 5.74) is 0. The van der Waals surface area contributed by atoms with Crippen LogP contribution in [0.15, 0.2) is 0 Å². The summed E-state index contributed by atoms with van der Waals surface area (Å²) in [5.74, 6) is 0. The van der Waals surface area contributed by atoms with Crippen LogP contribution in [-0.4, -0.2) is 34.0 Å². The zero-order chi connectivity index (χ0) is 7.61. The van der Waals surface area contributed by atoms with E-state index in [4.69, 9.17) is 14.9 Å². The number of rotatable bonds is 1. The molecule has 1 fully saturated rings. The van der Waals surface area contributed by atoms with Gasteiger partial charge in [0.05, 0.1) is 4.32 Å². The third-order valence-corrected chi connectivity index (χ3v) is 2.99. The fraction of sp³-hybridized carbons (Fsp3) is 1.00. The zero-order valence-electron chi connectivity index (χ0n) is 5.59. The molecule has 1 saturated heterocycles. The van der Waals surface area contributed by atoms with Gasteiger partial charge in [0.1, 0.15) is 0 Å². The van der Waals surface area contributed by atoms with E-state index in [9.17, 15) is 0 Å². The molecule has 3 nitrogen and oxygen atoms in total. The number of hydrogen-bond donors (Lipinski definition) is 2. The molecule has 1 rings (SSSR count). The Kier molecular flexibility index (Phi) is 2.68. The minimum atomic E-state index is -1.28. The highest BCUT2D eigenvalue weighted by Gasteiger charge is 2.35. The SMILES string of the molecule is OC(O)C1(Br)CCOCC1. The van der Waals surface area contributed by atoms with Crippen molar-refractivity contribution >= 4 is 15.9 Å². The van der Waals surface area contributed by atoms with Crippen molar-refractivity contribution < 1.29 is 14.9 Å². The minimum absolute atomic E-state index is 0.523. The minimum Gasteiger partial charge on any atom is -0.381 e. The third kappa shape index (κ3) is 1.69. The molecule has 4 heteroatoms. The summed E-state index contributed by atoms with van der Waals surface area (Å²) >= 11 is 3.28. The second kappa shape index (κ2) is 3.17. The fourth-order valence-corrected chi connectivity index (χ4v) is 1.29. The number of ether oxygens (including phenoxy) is 1. The molecule has 0 aromatic heterocycles. The first-order chi connectivity index (χ1) is 4.65. The van der Waals surface area contributed by atoms with Crippen molar-refractivity contribution in [1.29, 1.82) is 0 Å². The van der Waals surface area contributed by atoms with Gasteiger partial charge in [-0.25, -0.2) is 0 Å². The van der Waals surface area contributed by atoms with Gasteiger partial charge in [0.2, 0.25) is 0 Å². The quantitative estimate of drug-likeness (QED) is 0.482. The monoisotopic (exact) mass is 210 g/mol. The lowest BCUT2D eigenvalue weighted by molar-refractivity contribution is -0.0923. The van der Waals surface area contributed by atoms with E-state index >= 15 is 0 Å². The Morgan fingerprint density at radius 1 is 1.30 bits per heavy atom. The lowest BCUT2D eigenvalue weighted by Gasteiger charge is -2.32. The van der Waals surface area contributed by atoms with E-state index in [1.165, 1.54) is 0 Å². The molecule has 0 spiro atoms. The van der Waals surface area contributed by atoms with Crippen LogP contribution in [0.3, 0.4) is 0 Å². The summed E-state index contributed by atoms with van der Waals surface area (Å²) < 4.78 is 4.54. The Hall–Kier alpha value is 0.360. The summed E-state index contributed by atoms with van der Waals surface area (Å²) in [6.45, 7) is 1.20. The molecule has 1 aliphatic heterocycles. The molecular weight excluding hydrogens is 200 g/mol. The summed E-state index contributed by atoms with van der Waals surface area (Å²) in [7, 11) is 0. The first-order valence-corrected chi connectivity index (χ1v) is 4.07. The summed E-state index contributed by atoms with van der Waals surface area (Å²) in [5, 5.41) is 17.8. The van der Waals surface area contributed by atoms with E-state index in [0.29, 0.717) is 26.1 Å². The van der Waals surface area contributed by atoms with E-state index in [1.54, 1.807) is 0 Å². The maximum Gasteiger partial charge on any atom is 0.167 e. The first-order valence-electron chi connectivity index (χ1n) is 3.28. The van der Waals surface area contributed by atoms with Crippen LogP contribution < -0.4 is 0 Å². The standard InChI is InChI=1S/C6H11BrO3/c7-6(5(8)9)1-3-10-4-2-6/h5,8-9H,1-4H2. The maximum atomic E-state index is 8.89. The Morgan fingerprint density at radius 2 is 1.80 bits per heavy atom. The number of halogens is 1. The van der Waals surface area contributed by atoms with Crippen molar-refractivity contribution in [3.05, 3.63) is 0 Å². The lowest BCUT2D eigenvalue weighted by Crippen LogP contribution is -2.41. The Bertz CT molecular complexity index is 110. The normalized spacial score (nSPS) is 25.2. The van der Waals surface area contributed by atoms with E-state index < -0.39 is 10.6 Å². The number of aliphatic hydroxyl groups is 2. The lowest BCUT2D eigenvalue weighted by atomic mass is 10.00. The van der Waals surface area contributed by atoms with Gasteiger partial charge in [0, 0.05) is 13.2 Å². The molecule has 0 amide bonds. The molecule has 0 radical (unpaired) electrons. The molecule has 0 unspecified atom stereocenters. The van der Waals surface area contributed by atoms with Gasteiger partial charge in [0.25, 0.3) is 0 Å². The van der Waals surface area contributed by atoms with Gasteiger partial charge >= 0.3 is 0 Å². The van der Waals surface area contributed by atoms with Crippen molar-refractivity contribution in [1.82, 2.24) is 0 Å². The predicted octanol–water partition coefficient (Wildman–Crippen LogP) is 0.241. The summed E-state index contributed by atoms with van der Waals surface area (Å²) in [4.78, 5) is 0. The third-order valence-electron chi connectivity index (χ3n) is 1.79. The molecule has 0 bridgehead atoms. The molecule has 0 aromatic rings. The Labute approximate surface area is 68.1 Å². The van der Waals surface area contributed by atoms with Crippen LogP contribution in [0.4, 0.5) is 0 Å². The van der Waals surface area contributed by atoms with Gasteiger partial charge in [-0.1, -0.05) is 15.9 Å². The second-order valence-corrected chi connectivity index (χ2v) is 4.10. The zero-order valence-corrected chi connectivity index (χ0v) is 7.17. The van der Waals surface area contributed by atoms with Crippen molar-refractivity contribution in [2.45, 2.75) is 23.5 Å². The van der Waals surface area contributed by atoms with Gasteiger partial charge in [-0.2, -0.15) is 0 Å². The molecule has 0 aromatic carbocycles. The molecular formula is C6H11BrO3. The molecule has 0 saturated carbocycles. The van der Waals surface area contributed by atoms with Gasteiger partial charge < -0.3 is 14.9 Å². The molecule has 10 heavy (non-hydrogen) atoms. The highest BCUT2D eigenvalue weighted by molar-refractivity contribution is 9.10. The van der Waals surface area contributed by atoms with Crippen LogP contribution in [-0.2, 0) is 4.74 Å². The largest absolute Gasteiger partial charge is 0.381 e. The van der Waals surface area contributed by atoms with Gasteiger partial charge in [-0.3, -0.25) is 0 Å². The van der Waals surface area contributed by atoms with Gasteiger partial charge in [-0.05, 0) is 12.8 Å². The maximum absolute atomic E-state index is 8.89. The van der Waals surface area contributed by atoms with Gasteiger partial charge in [-0.15, -0.1) is 0 Å². The fourth-order valence-electron chi connectivity index (χ4n) is 0.969. The van der Waals surface area contributed by atoms with Crippen molar-refractivity contribution in [3.63, 3.8) is 0 Å². The second-order valence-electron chi connectivity index (χ2n) is 2.52. The van der Waals surface area contributed by atoms with Crippen molar-refractivity contribution in [2.75, 3.05) is 13.2 Å². The van der Waals surface area contributed by atoms with Crippen molar-refractivity contribution in [2.24, 2.45) is 0 Å². The van der Waals surface area contributed by atoms with Crippen LogP contribution >= 0.6 is 15.9 Å². The van der Waals surface area contributed by atoms with Crippen LogP contribution in [0.2, 0.25) is 0 Å². The highest BCUT2D eigenvalue weighted by Crippen LogP contribution is 2.32. The van der Waals surface area contributed by atoms with Crippen molar-refractivity contribution in [3.8, 4) is 0 Å².